The average molecular weight is 296 g/mol. The zero-order valence-corrected chi connectivity index (χ0v) is 13.7. The van der Waals surface area contributed by atoms with Crippen LogP contribution in [0.2, 0.25) is 0 Å². The smallest absolute Gasteiger partial charge is 0.145 e. The Kier molecular flexibility index (Phi) is 10.9. The van der Waals surface area contributed by atoms with Gasteiger partial charge in [-0.25, -0.2) is 0 Å². The molecule has 0 rings (SSSR count). The van der Waals surface area contributed by atoms with E-state index in [2.05, 4.69) is 0 Å². The fourth-order valence-electron chi connectivity index (χ4n) is 1.31. The summed E-state index contributed by atoms with van der Waals surface area (Å²) in [5.41, 5.74) is 3.59. The van der Waals surface area contributed by atoms with Gasteiger partial charge in [-0.1, -0.05) is 71.9 Å². The van der Waals surface area contributed by atoms with Gasteiger partial charge in [0.1, 0.15) is 12.6 Å². The molecule has 0 atom stereocenters. The molecule has 0 aromatic rings. The molecule has 0 bridgehead atoms. The van der Waals surface area contributed by atoms with Crippen molar-refractivity contribution in [3.63, 3.8) is 0 Å². The van der Waals surface area contributed by atoms with Crippen LogP contribution in [0.3, 0.4) is 0 Å². The van der Waals surface area contributed by atoms with Gasteiger partial charge in [-0.05, 0) is 38.8 Å². The second kappa shape index (κ2) is 12.3. The minimum Gasteiger partial charge on any atom is -0.298 e. The van der Waals surface area contributed by atoms with E-state index >= 15 is 0 Å². The van der Waals surface area contributed by atoms with Gasteiger partial charge in [-0.2, -0.15) is 0 Å². The zero-order valence-electron chi connectivity index (χ0n) is 13.7. The summed E-state index contributed by atoms with van der Waals surface area (Å²) in [7, 11) is 0. The molecule has 0 saturated heterocycles. The van der Waals surface area contributed by atoms with Crippen LogP contribution in [0.1, 0.15) is 27.7 Å². The van der Waals surface area contributed by atoms with Gasteiger partial charge in [-0.3, -0.25) is 9.59 Å². The van der Waals surface area contributed by atoms with E-state index in [1.807, 2.05) is 62.5 Å². The number of aldehydes is 2. The highest BCUT2D eigenvalue weighted by molar-refractivity contribution is 5.73. The van der Waals surface area contributed by atoms with Crippen molar-refractivity contribution < 1.29 is 9.59 Å². The lowest BCUT2D eigenvalue weighted by Crippen LogP contribution is -1.73. The Morgan fingerprint density at radius 2 is 0.818 bits per heavy atom. The Bertz CT molecular complexity index is 525. The molecule has 0 amide bonds. The zero-order chi connectivity index (χ0) is 16.8. The molecular formula is C20H24O2. The first kappa shape index (κ1) is 19.5. The third-order valence-electron chi connectivity index (χ3n) is 2.64. The third kappa shape index (κ3) is 11.4. The van der Waals surface area contributed by atoms with Crippen LogP contribution < -0.4 is 0 Å². The summed E-state index contributed by atoms with van der Waals surface area (Å²) in [4.78, 5) is 20.8. The van der Waals surface area contributed by atoms with Crippen LogP contribution in [0.5, 0.6) is 0 Å². The minimum absolute atomic E-state index is 0.698. The molecule has 116 valence electrons. The molecule has 0 unspecified atom stereocenters. The van der Waals surface area contributed by atoms with Gasteiger partial charge in [0.25, 0.3) is 0 Å². The van der Waals surface area contributed by atoms with E-state index in [1.54, 1.807) is 26.0 Å². The van der Waals surface area contributed by atoms with Crippen LogP contribution in [0.4, 0.5) is 0 Å². The van der Waals surface area contributed by atoms with Crippen LogP contribution in [0.25, 0.3) is 0 Å². The number of hydrogen-bond donors (Lipinski definition) is 0. The largest absolute Gasteiger partial charge is 0.298 e. The van der Waals surface area contributed by atoms with Crippen molar-refractivity contribution in [2.45, 2.75) is 27.7 Å². The second-order valence-corrected chi connectivity index (χ2v) is 4.98. The molecule has 0 aliphatic rings. The highest BCUT2D eigenvalue weighted by Gasteiger charge is 1.82. The van der Waals surface area contributed by atoms with E-state index < -0.39 is 0 Å². The van der Waals surface area contributed by atoms with Gasteiger partial charge in [0.05, 0.1) is 0 Å². The standard InChI is InChI=1S/C20H24O2/c1-17(11-7-13-19(3)15-21)9-5-6-10-18(2)12-8-14-20(4)16-22/h5-16H,1-4H3/b6-5-,11-7?,12-8?,17-9?,18-10?,19-13?,20-14?. The third-order valence-corrected chi connectivity index (χ3v) is 2.64. The van der Waals surface area contributed by atoms with E-state index in [-0.39, 0.29) is 0 Å². The van der Waals surface area contributed by atoms with Gasteiger partial charge >= 0.3 is 0 Å². The molecule has 2 heteroatoms. The normalized spacial score (nSPS) is 15.3. The second-order valence-electron chi connectivity index (χ2n) is 4.98. The molecule has 22 heavy (non-hydrogen) atoms. The molecule has 0 fully saturated rings. The molecule has 0 heterocycles. The fourth-order valence-corrected chi connectivity index (χ4v) is 1.31. The number of allylic oxidation sites excluding steroid dienone is 14. The average Bonchev–Trinajstić information content (AvgIpc) is 2.51. The van der Waals surface area contributed by atoms with Gasteiger partial charge in [0, 0.05) is 0 Å². The predicted octanol–water partition coefficient (Wildman–Crippen LogP) is 4.84. The molecule has 2 nitrogen and oxygen atoms in total. The molecule has 0 spiro atoms. The maximum atomic E-state index is 10.4. The topological polar surface area (TPSA) is 34.1 Å². The van der Waals surface area contributed by atoms with Crippen LogP contribution in [-0.4, -0.2) is 12.6 Å². The Balaban J connectivity index is 4.53. The summed E-state index contributed by atoms with van der Waals surface area (Å²) in [5.74, 6) is 0. The maximum Gasteiger partial charge on any atom is 0.145 e. The van der Waals surface area contributed by atoms with Gasteiger partial charge in [-0.15, -0.1) is 0 Å². The summed E-state index contributed by atoms with van der Waals surface area (Å²) < 4.78 is 0. The Labute approximate surface area is 133 Å². The minimum atomic E-state index is 0.698. The van der Waals surface area contributed by atoms with Crippen molar-refractivity contribution >= 4 is 12.6 Å². The van der Waals surface area contributed by atoms with Gasteiger partial charge in [0.15, 0.2) is 0 Å². The van der Waals surface area contributed by atoms with Gasteiger partial charge < -0.3 is 0 Å². The molecule has 0 radical (unpaired) electrons. The van der Waals surface area contributed by atoms with Crippen LogP contribution in [0, 0.1) is 0 Å². The first-order valence-corrected chi connectivity index (χ1v) is 7.11. The molecule has 0 aromatic carbocycles. The Morgan fingerprint density at radius 1 is 0.500 bits per heavy atom. The molecular weight excluding hydrogens is 272 g/mol. The van der Waals surface area contributed by atoms with Crippen molar-refractivity contribution in [2.75, 3.05) is 0 Å². The number of rotatable bonds is 8. The SMILES string of the molecule is CC(C=O)=CC=CC(C)=C/C=C\C=C(C)C=CC=C(C)C=O. The molecule has 0 aliphatic carbocycles. The van der Waals surface area contributed by atoms with E-state index in [0.717, 1.165) is 23.7 Å². The number of carbonyl (C=O) groups is 2. The van der Waals surface area contributed by atoms with E-state index in [9.17, 15) is 9.59 Å². The summed E-state index contributed by atoms with van der Waals surface area (Å²) in [6.07, 6.45) is 20.7. The van der Waals surface area contributed by atoms with Crippen LogP contribution in [-0.2, 0) is 9.59 Å². The van der Waals surface area contributed by atoms with Crippen molar-refractivity contribution in [1.82, 2.24) is 0 Å². The van der Waals surface area contributed by atoms with Crippen molar-refractivity contribution in [3.05, 3.63) is 83.1 Å². The van der Waals surface area contributed by atoms with E-state index in [1.165, 1.54) is 0 Å². The predicted molar refractivity (Wildman–Crippen MR) is 94.6 cm³/mol. The van der Waals surface area contributed by atoms with E-state index in [4.69, 9.17) is 0 Å². The summed E-state index contributed by atoms with van der Waals surface area (Å²) in [5, 5.41) is 0. The fraction of sp³-hybridized carbons (Fsp3) is 0.200. The van der Waals surface area contributed by atoms with Crippen molar-refractivity contribution in [1.29, 1.82) is 0 Å². The number of carbonyl (C=O) groups excluding carboxylic acids is 2. The van der Waals surface area contributed by atoms with Crippen molar-refractivity contribution in [3.8, 4) is 0 Å². The monoisotopic (exact) mass is 296 g/mol. The Morgan fingerprint density at radius 3 is 1.14 bits per heavy atom. The summed E-state index contributed by atoms with van der Waals surface area (Å²) in [6.45, 7) is 7.52. The lowest BCUT2D eigenvalue weighted by molar-refractivity contribution is -0.105. The van der Waals surface area contributed by atoms with Gasteiger partial charge in [0.2, 0.25) is 0 Å². The highest BCUT2D eigenvalue weighted by atomic mass is 16.1. The maximum absolute atomic E-state index is 10.4. The van der Waals surface area contributed by atoms with Crippen molar-refractivity contribution in [2.24, 2.45) is 0 Å². The molecule has 0 aliphatic heterocycles. The lowest BCUT2D eigenvalue weighted by atomic mass is 10.2. The Hall–Kier alpha value is -2.48. The van der Waals surface area contributed by atoms with Crippen LogP contribution in [0.15, 0.2) is 83.1 Å². The molecule has 0 N–H and O–H groups in total. The summed E-state index contributed by atoms with van der Waals surface area (Å²) >= 11 is 0. The molecule has 0 aromatic heterocycles. The quantitative estimate of drug-likeness (QED) is 0.365. The first-order valence-electron chi connectivity index (χ1n) is 7.11. The lowest BCUT2D eigenvalue weighted by Gasteiger charge is -1.89. The summed E-state index contributed by atoms with van der Waals surface area (Å²) in [6, 6.07) is 0. The van der Waals surface area contributed by atoms with Crippen LogP contribution >= 0.6 is 0 Å². The number of hydrogen-bond acceptors (Lipinski definition) is 2. The highest BCUT2D eigenvalue weighted by Crippen LogP contribution is 2.00. The first-order chi connectivity index (χ1) is 10.5. The molecule has 0 saturated carbocycles. The van der Waals surface area contributed by atoms with E-state index in [0.29, 0.717) is 11.1 Å².